The van der Waals surface area contributed by atoms with Crippen LogP contribution in [-0.2, 0) is 25.6 Å². The molecule has 3 fully saturated rings. The number of aliphatic hydroxyl groups is 1. The number of ether oxygens (including phenoxy) is 4. The van der Waals surface area contributed by atoms with Crippen molar-refractivity contribution in [1.82, 2.24) is 5.32 Å². The monoisotopic (exact) mass is 433 g/mol. The molecule has 4 rings (SSSR count). The Hall–Kier alpha value is -1.89. The predicted molar refractivity (Wildman–Crippen MR) is 114 cm³/mol. The second-order valence-corrected chi connectivity index (χ2v) is 14.3. The van der Waals surface area contributed by atoms with E-state index in [0.29, 0.717) is 19.8 Å². The van der Waals surface area contributed by atoms with Gasteiger partial charge in [0.15, 0.2) is 6.04 Å². The average molecular weight is 434 g/mol. The van der Waals surface area contributed by atoms with Crippen LogP contribution in [0.25, 0.3) is 0 Å². The summed E-state index contributed by atoms with van der Waals surface area (Å²) in [6.07, 6.45) is -0.719. The van der Waals surface area contributed by atoms with Gasteiger partial charge in [0.2, 0.25) is 0 Å². The van der Waals surface area contributed by atoms with Crippen molar-refractivity contribution in [2.24, 2.45) is 5.41 Å². The van der Waals surface area contributed by atoms with Crippen molar-refractivity contribution in [3.05, 3.63) is 35.9 Å². The van der Waals surface area contributed by atoms with Gasteiger partial charge in [-0.15, -0.1) is 5.54 Å². The maximum absolute atomic E-state index is 12.6. The Bertz CT molecular complexity index is 799. The van der Waals surface area contributed by atoms with Gasteiger partial charge in [0.25, 0.3) is 0 Å². The average Bonchev–Trinajstić information content (AvgIpc) is 2.70. The summed E-state index contributed by atoms with van der Waals surface area (Å²) < 4.78 is 23.0. The zero-order valence-electron chi connectivity index (χ0n) is 18.3. The molecule has 0 spiro atoms. The Morgan fingerprint density at radius 1 is 1.23 bits per heavy atom. The Balaban J connectivity index is 1.80. The number of fused-ring (bicyclic) bond motifs is 3. The molecule has 7 nitrogen and oxygen atoms in total. The molecule has 2 bridgehead atoms. The van der Waals surface area contributed by atoms with Crippen molar-refractivity contribution < 1.29 is 28.8 Å². The molecule has 3 heterocycles. The van der Waals surface area contributed by atoms with E-state index < -0.39 is 31.8 Å². The highest BCUT2D eigenvalue weighted by atomic mass is 28.3. The van der Waals surface area contributed by atoms with Gasteiger partial charge in [0.05, 0.1) is 19.8 Å². The zero-order chi connectivity index (χ0) is 22.0. The maximum Gasteiger partial charge on any atom is 0.408 e. The SMILES string of the molecule is CC12COC([C@@H](NC(=O)OCc3ccccc3)[C@@](C)(O)C#C[Si](C)(C)C)(OC1)OC2. The van der Waals surface area contributed by atoms with Crippen LogP contribution in [-0.4, -0.2) is 56.7 Å². The summed E-state index contributed by atoms with van der Waals surface area (Å²) in [6.45, 7) is 11.0. The van der Waals surface area contributed by atoms with Gasteiger partial charge >= 0.3 is 12.1 Å². The number of hydrogen-bond acceptors (Lipinski definition) is 6. The highest BCUT2D eigenvalue weighted by Crippen LogP contribution is 2.42. The molecule has 3 aliphatic heterocycles. The molecule has 0 aromatic heterocycles. The molecule has 0 saturated carbocycles. The van der Waals surface area contributed by atoms with E-state index in [1.807, 2.05) is 37.3 Å². The van der Waals surface area contributed by atoms with Crippen LogP contribution >= 0.6 is 0 Å². The summed E-state index contributed by atoms with van der Waals surface area (Å²) >= 11 is 0. The first-order chi connectivity index (χ1) is 13.9. The normalized spacial score (nSPS) is 28.6. The summed E-state index contributed by atoms with van der Waals surface area (Å²) in [5.41, 5.74) is 2.08. The molecular formula is C22H31NO6Si. The van der Waals surface area contributed by atoms with Crippen LogP contribution in [0.3, 0.4) is 0 Å². The van der Waals surface area contributed by atoms with Crippen LogP contribution in [0.4, 0.5) is 4.79 Å². The van der Waals surface area contributed by atoms with Crippen molar-refractivity contribution in [3.63, 3.8) is 0 Å². The number of nitrogens with one attached hydrogen (secondary N) is 1. The fourth-order valence-corrected chi connectivity index (χ4v) is 3.79. The molecule has 30 heavy (non-hydrogen) atoms. The summed E-state index contributed by atoms with van der Waals surface area (Å²) in [7, 11) is -1.79. The van der Waals surface area contributed by atoms with Crippen LogP contribution < -0.4 is 5.32 Å². The van der Waals surface area contributed by atoms with Gasteiger partial charge in [-0.3, -0.25) is 0 Å². The third-order valence-electron chi connectivity index (χ3n) is 4.95. The van der Waals surface area contributed by atoms with E-state index in [9.17, 15) is 9.90 Å². The van der Waals surface area contributed by atoms with E-state index in [1.54, 1.807) is 0 Å². The largest absolute Gasteiger partial charge is 0.445 e. The molecule has 1 amide bonds. The minimum Gasteiger partial charge on any atom is -0.445 e. The van der Waals surface area contributed by atoms with Gasteiger partial charge < -0.3 is 29.4 Å². The number of hydrogen-bond donors (Lipinski definition) is 2. The van der Waals surface area contributed by atoms with Gasteiger partial charge in [-0.05, 0) is 12.5 Å². The fourth-order valence-electron chi connectivity index (χ4n) is 3.17. The molecular weight excluding hydrogens is 402 g/mol. The first-order valence-corrected chi connectivity index (χ1v) is 13.6. The summed E-state index contributed by atoms with van der Waals surface area (Å²) in [4.78, 5) is 12.6. The topological polar surface area (TPSA) is 86.3 Å². The molecule has 8 heteroatoms. The minimum absolute atomic E-state index is 0.0930. The molecule has 3 aliphatic rings. The number of alkyl carbamates (subject to hydrolysis) is 1. The second kappa shape index (κ2) is 8.33. The first kappa shape index (κ1) is 22.8. The van der Waals surface area contributed by atoms with Crippen molar-refractivity contribution in [2.45, 2.75) is 57.7 Å². The molecule has 164 valence electrons. The smallest absolute Gasteiger partial charge is 0.408 e. The Labute approximate surface area is 179 Å². The highest BCUT2D eigenvalue weighted by molar-refractivity contribution is 6.83. The summed E-state index contributed by atoms with van der Waals surface area (Å²) in [5, 5.41) is 13.9. The van der Waals surface area contributed by atoms with Gasteiger partial charge in [-0.1, -0.05) is 62.8 Å². The van der Waals surface area contributed by atoms with Crippen molar-refractivity contribution >= 4 is 14.2 Å². The lowest BCUT2D eigenvalue weighted by Gasteiger charge is -2.54. The number of amides is 1. The van der Waals surface area contributed by atoms with Crippen LogP contribution in [0.5, 0.6) is 0 Å². The number of benzene rings is 1. The zero-order valence-corrected chi connectivity index (χ0v) is 19.3. The third-order valence-corrected chi connectivity index (χ3v) is 5.82. The van der Waals surface area contributed by atoms with Gasteiger partial charge in [0, 0.05) is 5.41 Å². The molecule has 0 radical (unpaired) electrons. The molecule has 1 aromatic carbocycles. The quantitative estimate of drug-likeness (QED) is 0.548. The molecule has 2 N–H and O–H groups in total. The second-order valence-electron chi connectivity index (χ2n) is 9.57. The van der Waals surface area contributed by atoms with E-state index in [4.69, 9.17) is 18.9 Å². The van der Waals surface area contributed by atoms with Crippen LogP contribution in [0.1, 0.15) is 19.4 Å². The van der Waals surface area contributed by atoms with E-state index in [2.05, 4.69) is 36.4 Å². The minimum atomic E-state index is -1.79. The van der Waals surface area contributed by atoms with Crippen LogP contribution in [0, 0.1) is 16.9 Å². The Morgan fingerprint density at radius 2 is 1.80 bits per heavy atom. The first-order valence-electron chi connectivity index (χ1n) is 10.1. The molecule has 0 aliphatic carbocycles. The lowest BCUT2D eigenvalue weighted by Crippen LogP contribution is -2.72. The number of carbonyl (C=O) groups excluding carboxylic acids is 1. The predicted octanol–water partition coefficient (Wildman–Crippen LogP) is 2.65. The Morgan fingerprint density at radius 3 is 2.33 bits per heavy atom. The van der Waals surface area contributed by atoms with E-state index in [1.165, 1.54) is 6.92 Å². The standard InChI is InChI=1S/C22H31NO6Si/c1-20-14-27-22(28-15-20,29-16-20)18(21(2,25)11-12-30(3,4)5)23-19(24)26-13-17-9-7-6-8-10-17/h6-10,18,25H,13-16H2,1-5H3,(H,23,24)/t18-,20?,21-,22?/m0/s1. The van der Waals surface area contributed by atoms with E-state index in [-0.39, 0.29) is 12.0 Å². The van der Waals surface area contributed by atoms with Crippen molar-refractivity contribution in [3.8, 4) is 11.5 Å². The number of rotatable bonds is 5. The van der Waals surface area contributed by atoms with Gasteiger partial charge in [-0.25, -0.2) is 4.79 Å². The fraction of sp³-hybridized carbons (Fsp3) is 0.591. The Kier molecular flexibility index (Phi) is 6.32. The summed E-state index contributed by atoms with van der Waals surface area (Å²) in [6, 6.07) is 8.23. The highest BCUT2D eigenvalue weighted by Gasteiger charge is 2.60. The maximum atomic E-state index is 12.6. The molecule has 0 unspecified atom stereocenters. The van der Waals surface area contributed by atoms with Gasteiger partial charge in [-0.2, -0.15) is 0 Å². The molecule has 2 atom stereocenters. The third kappa shape index (κ3) is 5.42. The van der Waals surface area contributed by atoms with E-state index in [0.717, 1.165) is 5.56 Å². The lowest BCUT2D eigenvalue weighted by atomic mass is 9.88. The van der Waals surface area contributed by atoms with Crippen molar-refractivity contribution in [1.29, 1.82) is 0 Å². The van der Waals surface area contributed by atoms with Crippen molar-refractivity contribution in [2.75, 3.05) is 19.8 Å². The summed E-state index contributed by atoms with van der Waals surface area (Å²) in [5.74, 6) is 1.29. The van der Waals surface area contributed by atoms with Crippen LogP contribution in [0.15, 0.2) is 30.3 Å². The van der Waals surface area contributed by atoms with Crippen LogP contribution in [0.2, 0.25) is 19.6 Å². The number of carbonyl (C=O) groups is 1. The molecule has 3 saturated heterocycles. The lowest BCUT2D eigenvalue weighted by molar-refractivity contribution is -0.479. The van der Waals surface area contributed by atoms with E-state index >= 15 is 0 Å². The molecule has 1 aromatic rings. The van der Waals surface area contributed by atoms with Gasteiger partial charge in [0.1, 0.15) is 20.3 Å².